The van der Waals surface area contributed by atoms with Crippen molar-refractivity contribution in [1.82, 2.24) is 0 Å². The van der Waals surface area contributed by atoms with Crippen LogP contribution in [0.5, 0.6) is 11.5 Å². The van der Waals surface area contributed by atoms with E-state index in [1.807, 2.05) is 36.6 Å². The Balaban J connectivity index is 2.14. The predicted octanol–water partition coefficient (Wildman–Crippen LogP) is 3.84. The summed E-state index contributed by atoms with van der Waals surface area (Å²) in [5.41, 5.74) is 0.817. The third-order valence-corrected chi connectivity index (χ3v) is 3.70. The van der Waals surface area contributed by atoms with E-state index in [2.05, 4.69) is 10.0 Å². The number of carbonyl (C=O) groups is 1. The fourth-order valence-electron chi connectivity index (χ4n) is 2.21. The van der Waals surface area contributed by atoms with E-state index in [1.54, 1.807) is 12.1 Å². The lowest BCUT2D eigenvalue weighted by Crippen LogP contribution is -2.10. The van der Waals surface area contributed by atoms with E-state index in [0.717, 1.165) is 0 Å². The summed E-state index contributed by atoms with van der Waals surface area (Å²) >= 11 is 1.40. The second-order valence-corrected chi connectivity index (χ2v) is 5.42. The first-order valence-corrected chi connectivity index (χ1v) is 8.27. The van der Waals surface area contributed by atoms with Gasteiger partial charge in [0.2, 0.25) is 11.8 Å². The number of amides is 1. The summed E-state index contributed by atoms with van der Waals surface area (Å²) < 4.78 is 14.4. The highest BCUT2D eigenvalue weighted by atomic mass is 32.2. The first-order valence-electron chi connectivity index (χ1n) is 7.04. The summed E-state index contributed by atoms with van der Waals surface area (Å²) in [5.74, 6) is 1.13. The molecule has 3 aromatic rings. The lowest BCUT2D eigenvalue weighted by molar-refractivity contribution is -0.105. The molecule has 3 rings (SSSR count). The van der Waals surface area contributed by atoms with Crippen LogP contribution in [0.4, 0.5) is 11.4 Å². The first-order chi connectivity index (χ1) is 11.7. The maximum absolute atomic E-state index is 12.4. The quantitative estimate of drug-likeness (QED) is 0.523. The highest BCUT2D eigenvalue weighted by Gasteiger charge is 2.13. The van der Waals surface area contributed by atoms with Crippen molar-refractivity contribution in [3.05, 3.63) is 59.0 Å². The molecule has 0 fully saturated rings. The Bertz CT molecular complexity index is 925. The molecule has 2 aromatic carbocycles. The van der Waals surface area contributed by atoms with E-state index < -0.39 is 0 Å². The minimum absolute atomic E-state index is 0.0775. The van der Waals surface area contributed by atoms with Gasteiger partial charge >= 0.3 is 0 Å². The Kier molecular flexibility index (Phi) is 4.72. The largest absolute Gasteiger partial charge is 0.462 e. The number of benzene rings is 2. The molecule has 0 atom stereocenters. The zero-order valence-electron chi connectivity index (χ0n) is 12.7. The first kappa shape index (κ1) is 15.9. The van der Waals surface area contributed by atoms with E-state index in [9.17, 15) is 9.59 Å². The molecule has 0 aliphatic rings. The van der Waals surface area contributed by atoms with Crippen LogP contribution in [-0.2, 0) is 4.79 Å². The monoisotopic (exact) mass is 342 g/mol. The lowest BCUT2D eigenvalue weighted by Gasteiger charge is -2.13. The molecule has 0 saturated heterocycles. The summed E-state index contributed by atoms with van der Waals surface area (Å²) in [7, 11) is 0. The van der Waals surface area contributed by atoms with Crippen LogP contribution < -0.4 is 20.2 Å². The number of hydrogen-bond donors (Lipinski definition) is 2. The molecule has 0 aliphatic heterocycles. The van der Waals surface area contributed by atoms with E-state index in [0.29, 0.717) is 34.6 Å². The molecule has 0 radical (unpaired) electrons. The molecular formula is C17H14N2O4S. The fourth-order valence-corrected chi connectivity index (χ4v) is 2.59. The number of ether oxygens (including phenoxy) is 1. The van der Waals surface area contributed by atoms with Gasteiger partial charge in [-0.05, 0) is 18.2 Å². The minimum Gasteiger partial charge on any atom is -0.462 e. The molecular weight excluding hydrogens is 328 g/mol. The molecule has 2 N–H and O–H groups in total. The van der Waals surface area contributed by atoms with Crippen LogP contribution in [0.1, 0.15) is 0 Å². The highest BCUT2D eigenvalue weighted by molar-refractivity contribution is 7.99. The molecule has 24 heavy (non-hydrogen) atoms. The number of anilines is 2. The van der Waals surface area contributed by atoms with E-state index in [-0.39, 0.29) is 11.1 Å². The summed E-state index contributed by atoms with van der Waals surface area (Å²) in [4.78, 5) is 23.0. The van der Waals surface area contributed by atoms with Gasteiger partial charge in [0.15, 0.2) is 5.75 Å². The van der Waals surface area contributed by atoms with Gasteiger partial charge in [-0.25, -0.2) is 0 Å². The lowest BCUT2D eigenvalue weighted by atomic mass is 10.2. The Morgan fingerprint density at radius 2 is 1.96 bits per heavy atom. The minimum atomic E-state index is -0.336. The van der Waals surface area contributed by atoms with Gasteiger partial charge in [-0.3, -0.25) is 9.59 Å². The third kappa shape index (κ3) is 3.21. The highest BCUT2D eigenvalue weighted by Crippen LogP contribution is 2.34. The van der Waals surface area contributed by atoms with E-state index >= 15 is 0 Å². The van der Waals surface area contributed by atoms with Crippen LogP contribution >= 0.6 is 11.9 Å². The predicted molar refractivity (Wildman–Crippen MR) is 95.8 cm³/mol. The summed E-state index contributed by atoms with van der Waals surface area (Å²) in [6, 6.07) is 12.5. The van der Waals surface area contributed by atoms with Crippen LogP contribution in [0, 0.1) is 0 Å². The molecule has 0 unspecified atom stereocenters. The molecule has 7 heteroatoms. The molecule has 0 spiro atoms. The van der Waals surface area contributed by atoms with Crippen molar-refractivity contribution in [3.8, 4) is 11.5 Å². The maximum Gasteiger partial charge on any atom is 0.216 e. The molecule has 1 aromatic heterocycles. The molecule has 0 aliphatic carbocycles. The molecule has 0 saturated carbocycles. The second-order valence-electron chi connectivity index (χ2n) is 4.81. The van der Waals surface area contributed by atoms with Crippen molar-refractivity contribution in [2.24, 2.45) is 0 Å². The van der Waals surface area contributed by atoms with Gasteiger partial charge < -0.3 is 19.2 Å². The van der Waals surface area contributed by atoms with Gasteiger partial charge in [0, 0.05) is 12.3 Å². The SMILES string of the molecule is CSNc1cc2occ(NC=O)c(=O)c2cc1Oc1ccccc1. The Morgan fingerprint density at radius 1 is 1.17 bits per heavy atom. The van der Waals surface area contributed by atoms with Crippen molar-refractivity contribution in [1.29, 1.82) is 0 Å². The Labute approximate surface area is 141 Å². The molecule has 122 valence electrons. The number of fused-ring (bicyclic) bond motifs is 1. The Morgan fingerprint density at radius 3 is 2.67 bits per heavy atom. The van der Waals surface area contributed by atoms with Crippen molar-refractivity contribution < 1.29 is 13.9 Å². The van der Waals surface area contributed by atoms with Crippen molar-refractivity contribution in [2.45, 2.75) is 0 Å². The average molecular weight is 342 g/mol. The molecule has 1 heterocycles. The van der Waals surface area contributed by atoms with Gasteiger partial charge in [0.05, 0.1) is 11.1 Å². The number of para-hydroxylation sites is 1. The summed E-state index contributed by atoms with van der Waals surface area (Å²) in [5, 5.41) is 2.65. The molecule has 1 amide bonds. The zero-order chi connectivity index (χ0) is 16.9. The number of hydrogen-bond acceptors (Lipinski definition) is 6. The third-order valence-electron chi connectivity index (χ3n) is 3.27. The number of carbonyl (C=O) groups excluding carboxylic acids is 1. The average Bonchev–Trinajstić information content (AvgIpc) is 2.60. The van der Waals surface area contributed by atoms with Gasteiger partial charge in [-0.1, -0.05) is 30.1 Å². The number of nitrogens with one attached hydrogen (secondary N) is 2. The molecule has 0 bridgehead atoms. The van der Waals surface area contributed by atoms with Gasteiger partial charge in [-0.15, -0.1) is 0 Å². The summed E-state index contributed by atoms with van der Waals surface area (Å²) in [6.45, 7) is 0. The topological polar surface area (TPSA) is 80.6 Å². The molecule has 6 nitrogen and oxygen atoms in total. The van der Waals surface area contributed by atoms with E-state index in [1.165, 1.54) is 18.2 Å². The summed E-state index contributed by atoms with van der Waals surface area (Å²) in [6.07, 6.45) is 3.53. The van der Waals surface area contributed by atoms with Crippen LogP contribution in [0.3, 0.4) is 0 Å². The smallest absolute Gasteiger partial charge is 0.216 e. The second kappa shape index (κ2) is 7.10. The Hall–Kier alpha value is -2.93. The van der Waals surface area contributed by atoms with Gasteiger partial charge in [0.25, 0.3) is 0 Å². The van der Waals surface area contributed by atoms with Crippen LogP contribution in [0.2, 0.25) is 0 Å². The number of rotatable bonds is 6. The van der Waals surface area contributed by atoms with E-state index in [4.69, 9.17) is 9.15 Å². The van der Waals surface area contributed by atoms with Gasteiger partial charge in [-0.2, -0.15) is 0 Å². The van der Waals surface area contributed by atoms with Crippen molar-refractivity contribution >= 4 is 40.7 Å². The maximum atomic E-state index is 12.4. The standard InChI is InChI=1S/C17H14N2O4S/c1-24-19-13-8-15-12(17(21)14(9-22-15)18-10-20)7-16(13)23-11-5-3-2-4-6-11/h2-10,19H,1H3,(H,18,20). The van der Waals surface area contributed by atoms with Crippen LogP contribution in [-0.4, -0.2) is 12.7 Å². The normalized spacial score (nSPS) is 10.4. The van der Waals surface area contributed by atoms with Crippen molar-refractivity contribution in [2.75, 3.05) is 16.3 Å². The van der Waals surface area contributed by atoms with Crippen molar-refractivity contribution in [3.63, 3.8) is 0 Å². The van der Waals surface area contributed by atoms with Crippen LogP contribution in [0.15, 0.2) is 57.9 Å². The van der Waals surface area contributed by atoms with Crippen LogP contribution in [0.25, 0.3) is 11.0 Å². The fraction of sp³-hybridized carbons (Fsp3) is 0.0588. The van der Waals surface area contributed by atoms with Gasteiger partial charge in [0.1, 0.15) is 23.3 Å². The zero-order valence-corrected chi connectivity index (χ0v) is 13.6.